The molecule has 0 aliphatic rings. The molecular weight excluding hydrogens is 374 g/mol. The molecule has 0 spiro atoms. The van der Waals surface area contributed by atoms with Gasteiger partial charge in [0.15, 0.2) is 0 Å². The Labute approximate surface area is 166 Å². The molecule has 0 aliphatic heterocycles. The third-order valence-electron chi connectivity index (χ3n) is 4.74. The molecule has 1 amide bonds. The number of nitrogens with zero attached hydrogens (tertiary/aromatic N) is 3. The predicted octanol–water partition coefficient (Wildman–Crippen LogP) is 4.07. The number of hydrogen-bond acceptors (Lipinski definition) is 3. The quantitative estimate of drug-likeness (QED) is 0.569. The molecule has 29 heavy (non-hydrogen) atoms. The fourth-order valence-corrected chi connectivity index (χ4v) is 3.34. The topological polar surface area (TPSA) is 59.8 Å². The van der Waals surface area contributed by atoms with E-state index < -0.39 is 11.9 Å². The van der Waals surface area contributed by atoms with Crippen molar-refractivity contribution in [3.63, 3.8) is 0 Å². The summed E-state index contributed by atoms with van der Waals surface area (Å²) in [6.07, 6.45) is 3.40. The highest BCUT2D eigenvalue weighted by atomic mass is 19.1. The highest BCUT2D eigenvalue weighted by molar-refractivity contribution is 6.06. The lowest BCUT2D eigenvalue weighted by atomic mass is 10.0. The van der Waals surface area contributed by atoms with Crippen LogP contribution in [0.3, 0.4) is 0 Å². The van der Waals surface area contributed by atoms with Crippen LogP contribution in [0.2, 0.25) is 0 Å². The number of halogens is 2. The number of amides is 1. The van der Waals surface area contributed by atoms with E-state index in [9.17, 15) is 13.6 Å². The van der Waals surface area contributed by atoms with Crippen molar-refractivity contribution >= 4 is 16.8 Å². The maximum atomic E-state index is 13.6. The summed E-state index contributed by atoms with van der Waals surface area (Å²) in [5.41, 5.74) is 2.08. The van der Waals surface area contributed by atoms with Crippen LogP contribution < -0.4 is 5.32 Å². The van der Waals surface area contributed by atoms with Crippen molar-refractivity contribution in [3.05, 3.63) is 95.2 Å². The highest BCUT2D eigenvalue weighted by Gasteiger charge is 2.23. The van der Waals surface area contributed by atoms with E-state index in [4.69, 9.17) is 0 Å². The molecular formula is C22H18F2N4O. The number of rotatable bonds is 4. The van der Waals surface area contributed by atoms with Crippen molar-refractivity contribution in [1.29, 1.82) is 0 Å². The number of benzene rings is 2. The minimum atomic E-state index is -0.591. The van der Waals surface area contributed by atoms with Crippen LogP contribution in [0.15, 0.2) is 60.9 Å². The molecule has 1 N–H and O–H groups in total. The highest BCUT2D eigenvalue weighted by Crippen LogP contribution is 2.24. The van der Waals surface area contributed by atoms with Crippen LogP contribution in [0.5, 0.6) is 0 Å². The molecule has 2 aromatic carbocycles. The third-order valence-corrected chi connectivity index (χ3v) is 4.74. The van der Waals surface area contributed by atoms with E-state index in [-0.39, 0.29) is 11.7 Å². The van der Waals surface area contributed by atoms with Gasteiger partial charge in [-0.3, -0.25) is 9.78 Å². The Morgan fingerprint density at radius 3 is 2.48 bits per heavy atom. The van der Waals surface area contributed by atoms with E-state index >= 15 is 0 Å². The molecule has 4 aromatic rings. The molecule has 0 saturated carbocycles. The molecule has 2 aromatic heterocycles. The van der Waals surface area contributed by atoms with E-state index in [1.807, 2.05) is 7.05 Å². The second-order valence-corrected chi connectivity index (χ2v) is 6.83. The van der Waals surface area contributed by atoms with Gasteiger partial charge in [-0.15, -0.1) is 0 Å². The first kappa shape index (κ1) is 18.7. The van der Waals surface area contributed by atoms with E-state index in [2.05, 4.69) is 15.3 Å². The van der Waals surface area contributed by atoms with Crippen LogP contribution in [-0.2, 0) is 7.05 Å². The molecule has 0 fully saturated rings. The van der Waals surface area contributed by atoms with E-state index in [0.29, 0.717) is 33.5 Å². The molecule has 0 aliphatic carbocycles. The lowest BCUT2D eigenvalue weighted by Gasteiger charge is -2.20. The molecule has 7 heteroatoms. The van der Waals surface area contributed by atoms with Crippen LogP contribution >= 0.6 is 0 Å². The number of nitrogens with one attached hydrogen (secondary N) is 1. The van der Waals surface area contributed by atoms with Crippen LogP contribution in [0.1, 0.15) is 33.5 Å². The smallest absolute Gasteiger partial charge is 0.252 e. The Hall–Kier alpha value is -3.61. The normalized spacial score (nSPS) is 12.1. The Morgan fingerprint density at radius 2 is 1.79 bits per heavy atom. The Kier molecular flexibility index (Phi) is 4.80. The molecule has 0 radical (unpaired) electrons. The molecule has 0 saturated heterocycles. The van der Waals surface area contributed by atoms with Crippen LogP contribution in [0, 0.1) is 18.6 Å². The fraction of sp³-hybridized carbons (Fsp3) is 0.136. The molecule has 2 heterocycles. The summed E-state index contributed by atoms with van der Waals surface area (Å²) in [6.45, 7) is 1.75. The SMILES string of the molecule is Cc1cc(C(=O)NC(c2ccc(F)cc2)c2nccn2C)c2ccc(F)cc2n1. The first-order valence-corrected chi connectivity index (χ1v) is 9.03. The van der Waals surface area contributed by atoms with Crippen molar-refractivity contribution < 1.29 is 13.6 Å². The predicted molar refractivity (Wildman–Crippen MR) is 105 cm³/mol. The monoisotopic (exact) mass is 392 g/mol. The zero-order valence-corrected chi connectivity index (χ0v) is 15.9. The summed E-state index contributed by atoms with van der Waals surface area (Å²) >= 11 is 0. The van der Waals surface area contributed by atoms with Gasteiger partial charge in [0.2, 0.25) is 0 Å². The lowest BCUT2D eigenvalue weighted by molar-refractivity contribution is 0.0942. The van der Waals surface area contributed by atoms with E-state index in [0.717, 1.165) is 0 Å². The van der Waals surface area contributed by atoms with Gasteiger partial charge in [-0.05, 0) is 42.8 Å². The average molecular weight is 392 g/mol. The minimum absolute atomic E-state index is 0.357. The van der Waals surface area contributed by atoms with Crippen LogP contribution in [0.4, 0.5) is 8.78 Å². The van der Waals surface area contributed by atoms with Gasteiger partial charge in [0, 0.05) is 36.6 Å². The summed E-state index contributed by atoms with van der Waals surface area (Å²) in [7, 11) is 1.82. The number of aryl methyl sites for hydroxylation is 2. The largest absolute Gasteiger partial charge is 0.338 e. The Balaban J connectivity index is 1.77. The number of aromatic nitrogens is 3. The number of carbonyl (C=O) groups excluding carboxylic acids is 1. The molecule has 146 valence electrons. The Morgan fingerprint density at radius 1 is 1.07 bits per heavy atom. The average Bonchev–Trinajstić information content (AvgIpc) is 3.11. The molecule has 1 unspecified atom stereocenters. The van der Waals surface area contributed by atoms with Gasteiger partial charge in [-0.25, -0.2) is 13.8 Å². The molecule has 5 nitrogen and oxygen atoms in total. The summed E-state index contributed by atoms with van der Waals surface area (Å²) in [5, 5.41) is 3.53. The zero-order chi connectivity index (χ0) is 20.5. The van der Waals surface area contributed by atoms with Crippen LogP contribution in [-0.4, -0.2) is 20.4 Å². The van der Waals surface area contributed by atoms with E-state index in [1.54, 1.807) is 48.1 Å². The summed E-state index contributed by atoms with van der Waals surface area (Å²) < 4.78 is 28.8. The maximum absolute atomic E-state index is 13.6. The van der Waals surface area contributed by atoms with E-state index in [1.165, 1.54) is 24.3 Å². The third kappa shape index (κ3) is 3.71. The first-order valence-electron chi connectivity index (χ1n) is 9.03. The second-order valence-electron chi connectivity index (χ2n) is 6.83. The first-order chi connectivity index (χ1) is 13.9. The van der Waals surface area contributed by atoms with Crippen molar-refractivity contribution in [2.24, 2.45) is 7.05 Å². The van der Waals surface area contributed by atoms with Gasteiger partial charge < -0.3 is 9.88 Å². The number of carbonyl (C=O) groups is 1. The van der Waals surface area contributed by atoms with Gasteiger partial charge in [0.1, 0.15) is 23.5 Å². The summed E-state index contributed by atoms with van der Waals surface area (Å²) in [4.78, 5) is 21.9. The molecule has 0 bridgehead atoms. The standard InChI is InChI=1S/C22H18F2N4O/c1-13-11-18(17-8-7-16(24)12-19(17)26-13)22(29)27-20(21-25-9-10-28(21)2)14-3-5-15(23)6-4-14/h3-12,20H,1-2H3,(H,27,29). The fourth-order valence-electron chi connectivity index (χ4n) is 3.34. The number of fused-ring (bicyclic) bond motifs is 1. The number of pyridine rings is 1. The molecule has 4 rings (SSSR count). The maximum Gasteiger partial charge on any atom is 0.252 e. The van der Waals surface area contributed by atoms with Gasteiger partial charge in [0.25, 0.3) is 5.91 Å². The Bertz CT molecular complexity index is 1200. The van der Waals surface area contributed by atoms with Gasteiger partial charge in [-0.2, -0.15) is 0 Å². The minimum Gasteiger partial charge on any atom is -0.338 e. The van der Waals surface area contributed by atoms with Gasteiger partial charge >= 0.3 is 0 Å². The number of imidazole rings is 1. The van der Waals surface area contributed by atoms with Crippen molar-refractivity contribution in [3.8, 4) is 0 Å². The summed E-state index contributed by atoms with van der Waals surface area (Å²) in [5.74, 6) is -0.536. The van der Waals surface area contributed by atoms with Crippen LogP contribution in [0.25, 0.3) is 10.9 Å². The number of hydrogen-bond donors (Lipinski definition) is 1. The van der Waals surface area contributed by atoms with Crippen molar-refractivity contribution in [1.82, 2.24) is 19.9 Å². The second kappa shape index (κ2) is 7.43. The van der Waals surface area contributed by atoms with Crippen molar-refractivity contribution in [2.45, 2.75) is 13.0 Å². The lowest BCUT2D eigenvalue weighted by Crippen LogP contribution is -2.31. The zero-order valence-electron chi connectivity index (χ0n) is 15.9. The van der Waals surface area contributed by atoms with Gasteiger partial charge in [0.05, 0.1) is 11.1 Å². The van der Waals surface area contributed by atoms with Crippen molar-refractivity contribution in [2.75, 3.05) is 0 Å². The summed E-state index contributed by atoms with van der Waals surface area (Å²) in [6, 6.07) is 11.1. The molecule has 1 atom stereocenters. The van der Waals surface area contributed by atoms with Gasteiger partial charge in [-0.1, -0.05) is 12.1 Å².